The topological polar surface area (TPSA) is 49.5 Å². The van der Waals surface area contributed by atoms with E-state index >= 15 is 0 Å². The molecular weight excluding hydrogens is 140 g/mol. The zero-order valence-electron chi connectivity index (χ0n) is 7.16. The number of aliphatic hydroxyl groups excluding tert-OH is 1. The van der Waals surface area contributed by atoms with Gasteiger partial charge in [0.25, 0.3) is 0 Å². The average Bonchev–Trinajstić information content (AvgIpc) is 2.04. The lowest BCUT2D eigenvalue weighted by Crippen LogP contribution is -2.53. The Labute approximate surface area is 68.2 Å². The number of piperidine rings is 1. The lowest BCUT2D eigenvalue weighted by atomic mass is 9.98. The molecule has 66 valence electrons. The highest BCUT2D eigenvalue weighted by atomic mass is 16.3. The van der Waals surface area contributed by atoms with Crippen molar-refractivity contribution in [2.45, 2.75) is 31.8 Å². The zero-order chi connectivity index (χ0) is 8.27. The Morgan fingerprint density at radius 1 is 1.64 bits per heavy atom. The molecule has 1 aliphatic heterocycles. The summed E-state index contributed by atoms with van der Waals surface area (Å²) in [5.41, 5.74) is 5.85. The van der Waals surface area contributed by atoms with E-state index in [0.29, 0.717) is 0 Å². The highest BCUT2D eigenvalue weighted by Gasteiger charge is 2.26. The molecule has 0 aromatic heterocycles. The molecule has 1 aliphatic rings. The van der Waals surface area contributed by atoms with Gasteiger partial charge in [0.1, 0.15) is 0 Å². The lowest BCUT2D eigenvalue weighted by Gasteiger charge is -2.37. The number of hydrogen-bond acceptors (Lipinski definition) is 3. The summed E-state index contributed by atoms with van der Waals surface area (Å²) in [5.74, 6) is 0. The molecule has 0 radical (unpaired) electrons. The predicted octanol–water partition coefficient (Wildman–Crippen LogP) is -0.210. The molecule has 0 aromatic rings. The van der Waals surface area contributed by atoms with Gasteiger partial charge in [0, 0.05) is 12.1 Å². The predicted molar refractivity (Wildman–Crippen MR) is 45.3 cm³/mol. The summed E-state index contributed by atoms with van der Waals surface area (Å²) in [7, 11) is 0. The van der Waals surface area contributed by atoms with Gasteiger partial charge in [-0.3, -0.25) is 4.90 Å². The van der Waals surface area contributed by atoms with Crippen LogP contribution >= 0.6 is 0 Å². The third kappa shape index (κ3) is 1.92. The van der Waals surface area contributed by atoms with Crippen molar-refractivity contribution < 1.29 is 5.11 Å². The van der Waals surface area contributed by atoms with Gasteiger partial charge in [-0.1, -0.05) is 6.92 Å². The van der Waals surface area contributed by atoms with Crippen LogP contribution in [0.5, 0.6) is 0 Å². The SMILES string of the molecule is CCN1CCC[C@@H](N)[C@H]1CO. The Morgan fingerprint density at radius 2 is 2.36 bits per heavy atom. The van der Waals surface area contributed by atoms with E-state index in [1.54, 1.807) is 0 Å². The van der Waals surface area contributed by atoms with Crippen LogP contribution in [0.4, 0.5) is 0 Å². The number of nitrogens with zero attached hydrogens (tertiary/aromatic N) is 1. The number of aliphatic hydroxyl groups is 1. The van der Waals surface area contributed by atoms with Gasteiger partial charge in [0.15, 0.2) is 0 Å². The fourth-order valence-corrected chi connectivity index (χ4v) is 1.80. The zero-order valence-corrected chi connectivity index (χ0v) is 7.16. The molecule has 1 heterocycles. The first kappa shape index (κ1) is 8.97. The fraction of sp³-hybridized carbons (Fsp3) is 1.00. The highest BCUT2D eigenvalue weighted by molar-refractivity contribution is 4.85. The summed E-state index contributed by atoms with van der Waals surface area (Å²) >= 11 is 0. The first-order chi connectivity index (χ1) is 5.29. The average molecular weight is 158 g/mol. The van der Waals surface area contributed by atoms with Crippen molar-refractivity contribution in [1.82, 2.24) is 4.90 Å². The minimum absolute atomic E-state index is 0.175. The van der Waals surface area contributed by atoms with Crippen LogP contribution in [0.1, 0.15) is 19.8 Å². The van der Waals surface area contributed by atoms with Crippen molar-refractivity contribution >= 4 is 0 Å². The maximum Gasteiger partial charge on any atom is 0.0601 e. The number of likely N-dealkylation sites (N-methyl/N-ethyl adjacent to an activating group) is 1. The van der Waals surface area contributed by atoms with E-state index in [4.69, 9.17) is 10.8 Å². The van der Waals surface area contributed by atoms with Gasteiger partial charge in [-0.15, -0.1) is 0 Å². The second-order valence-electron chi connectivity index (χ2n) is 3.18. The smallest absolute Gasteiger partial charge is 0.0601 e. The van der Waals surface area contributed by atoms with E-state index < -0.39 is 0 Å². The minimum atomic E-state index is 0.175. The van der Waals surface area contributed by atoms with Crippen LogP contribution in [0.3, 0.4) is 0 Å². The van der Waals surface area contributed by atoms with Gasteiger partial charge in [-0.2, -0.15) is 0 Å². The minimum Gasteiger partial charge on any atom is -0.395 e. The molecule has 0 aromatic carbocycles. The van der Waals surface area contributed by atoms with Crippen molar-refractivity contribution in [3.8, 4) is 0 Å². The van der Waals surface area contributed by atoms with E-state index in [1.807, 2.05) is 0 Å². The van der Waals surface area contributed by atoms with Crippen LogP contribution < -0.4 is 5.73 Å². The second-order valence-corrected chi connectivity index (χ2v) is 3.18. The number of rotatable bonds is 2. The molecule has 1 saturated heterocycles. The normalized spacial score (nSPS) is 34.1. The van der Waals surface area contributed by atoms with Gasteiger partial charge in [-0.25, -0.2) is 0 Å². The third-order valence-electron chi connectivity index (χ3n) is 2.54. The first-order valence-electron chi connectivity index (χ1n) is 4.40. The molecule has 0 bridgehead atoms. The van der Waals surface area contributed by atoms with Gasteiger partial charge in [-0.05, 0) is 25.9 Å². The van der Waals surface area contributed by atoms with Crippen molar-refractivity contribution in [2.75, 3.05) is 19.7 Å². The highest BCUT2D eigenvalue weighted by Crippen LogP contribution is 2.14. The maximum atomic E-state index is 9.04. The van der Waals surface area contributed by atoms with Crippen molar-refractivity contribution in [1.29, 1.82) is 0 Å². The largest absolute Gasteiger partial charge is 0.395 e. The van der Waals surface area contributed by atoms with Crippen LogP contribution in [0.15, 0.2) is 0 Å². The number of nitrogens with two attached hydrogens (primary N) is 1. The molecule has 0 aliphatic carbocycles. The van der Waals surface area contributed by atoms with E-state index in [-0.39, 0.29) is 18.7 Å². The Balaban J connectivity index is 2.48. The van der Waals surface area contributed by atoms with E-state index in [1.165, 1.54) is 6.42 Å². The van der Waals surface area contributed by atoms with Gasteiger partial charge in [0.05, 0.1) is 6.61 Å². The summed E-state index contributed by atoms with van der Waals surface area (Å²) < 4.78 is 0. The number of likely N-dealkylation sites (tertiary alicyclic amines) is 1. The van der Waals surface area contributed by atoms with Crippen LogP contribution in [0, 0.1) is 0 Å². The molecule has 1 rings (SSSR count). The monoisotopic (exact) mass is 158 g/mol. The van der Waals surface area contributed by atoms with Gasteiger partial charge >= 0.3 is 0 Å². The maximum absolute atomic E-state index is 9.04. The summed E-state index contributed by atoms with van der Waals surface area (Å²) in [6.45, 7) is 4.41. The summed E-state index contributed by atoms with van der Waals surface area (Å²) in [6, 6.07) is 0.377. The summed E-state index contributed by atoms with van der Waals surface area (Å²) in [4.78, 5) is 2.26. The fourth-order valence-electron chi connectivity index (χ4n) is 1.80. The van der Waals surface area contributed by atoms with Crippen LogP contribution in [-0.4, -0.2) is 41.8 Å². The molecule has 0 amide bonds. The van der Waals surface area contributed by atoms with Crippen LogP contribution in [0.25, 0.3) is 0 Å². The first-order valence-corrected chi connectivity index (χ1v) is 4.40. The molecule has 0 unspecified atom stereocenters. The molecule has 11 heavy (non-hydrogen) atoms. The van der Waals surface area contributed by atoms with Crippen LogP contribution in [-0.2, 0) is 0 Å². The Kier molecular flexibility index (Phi) is 3.30. The summed E-state index contributed by atoms with van der Waals surface area (Å²) in [5, 5.41) is 9.04. The molecule has 0 saturated carbocycles. The second kappa shape index (κ2) is 4.04. The number of hydrogen-bond donors (Lipinski definition) is 2. The molecule has 3 nitrogen and oxygen atoms in total. The summed E-state index contributed by atoms with van der Waals surface area (Å²) in [6.07, 6.45) is 2.23. The Morgan fingerprint density at radius 3 is 2.82 bits per heavy atom. The quantitative estimate of drug-likeness (QED) is 0.584. The van der Waals surface area contributed by atoms with E-state index in [0.717, 1.165) is 19.5 Å². The van der Waals surface area contributed by atoms with Crippen LogP contribution in [0.2, 0.25) is 0 Å². The third-order valence-corrected chi connectivity index (χ3v) is 2.54. The molecule has 3 N–H and O–H groups in total. The van der Waals surface area contributed by atoms with Crippen molar-refractivity contribution in [3.05, 3.63) is 0 Å². The van der Waals surface area contributed by atoms with Gasteiger partial charge < -0.3 is 10.8 Å². The molecule has 3 heteroatoms. The Bertz CT molecular complexity index is 119. The Hall–Kier alpha value is -0.120. The van der Waals surface area contributed by atoms with Gasteiger partial charge in [0.2, 0.25) is 0 Å². The lowest BCUT2D eigenvalue weighted by molar-refractivity contribution is 0.0797. The van der Waals surface area contributed by atoms with Crippen molar-refractivity contribution in [2.24, 2.45) is 5.73 Å². The van der Waals surface area contributed by atoms with E-state index in [2.05, 4.69) is 11.8 Å². The van der Waals surface area contributed by atoms with Crippen molar-refractivity contribution in [3.63, 3.8) is 0 Å². The molecular formula is C8H18N2O. The standard InChI is InChI=1S/C8H18N2O/c1-2-10-5-3-4-7(9)8(10)6-11/h7-8,11H,2-6,9H2,1H3/t7-,8-/m1/s1. The van der Waals surface area contributed by atoms with E-state index in [9.17, 15) is 0 Å². The molecule has 1 fully saturated rings. The molecule has 0 spiro atoms. The molecule has 2 atom stereocenters.